The summed E-state index contributed by atoms with van der Waals surface area (Å²) in [6.07, 6.45) is 1.43. The Bertz CT molecular complexity index is 935. The Morgan fingerprint density at radius 2 is 1.88 bits per heavy atom. The molecule has 0 bridgehead atoms. The average Bonchev–Trinajstić information content (AvgIpc) is 2.63. The molecule has 0 heterocycles. The first-order valence-corrected chi connectivity index (χ1v) is 7.96. The minimum atomic E-state index is -0.267. The number of aromatic hydroxyl groups is 1. The first-order valence-electron chi connectivity index (χ1n) is 7.96. The van der Waals surface area contributed by atoms with Crippen molar-refractivity contribution in [3.63, 3.8) is 0 Å². The number of rotatable bonds is 5. The number of amides is 1. The Morgan fingerprint density at radius 3 is 2.72 bits per heavy atom. The van der Waals surface area contributed by atoms with Crippen molar-refractivity contribution in [2.75, 3.05) is 11.9 Å². The number of phenolic OH excluding ortho intramolecular Hbond substituents is 1. The standard InChI is InChI=1S/C20H19N3O2/c1-14-5-4-8-17(20(14)25)12-22-23-19(24)13-21-18-10-9-15-6-2-3-7-16(15)11-18/h2-12,21,25H,13H2,1H3,(H,23,24)/b22-12+. The molecule has 0 aromatic heterocycles. The predicted molar refractivity (Wildman–Crippen MR) is 101 cm³/mol. The molecular formula is C20H19N3O2. The van der Waals surface area contributed by atoms with Crippen molar-refractivity contribution in [2.24, 2.45) is 5.10 Å². The summed E-state index contributed by atoms with van der Waals surface area (Å²) in [7, 11) is 0. The summed E-state index contributed by atoms with van der Waals surface area (Å²) in [5, 5.41) is 19.1. The van der Waals surface area contributed by atoms with Crippen LogP contribution in [0.5, 0.6) is 5.75 Å². The van der Waals surface area contributed by atoms with Gasteiger partial charge in [-0.2, -0.15) is 5.10 Å². The topological polar surface area (TPSA) is 73.7 Å². The highest BCUT2D eigenvalue weighted by molar-refractivity contribution is 5.88. The second-order valence-electron chi connectivity index (χ2n) is 5.72. The first-order chi connectivity index (χ1) is 12.1. The molecule has 3 aromatic carbocycles. The minimum Gasteiger partial charge on any atom is -0.507 e. The second-order valence-corrected chi connectivity index (χ2v) is 5.72. The van der Waals surface area contributed by atoms with Gasteiger partial charge in [-0.15, -0.1) is 0 Å². The smallest absolute Gasteiger partial charge is 0.259 e. The van der Waals surface area contributed by atoms with Gasteiger partial charge in [0.25, 0.3) is 5.91 Å². The number of nitrogens with zero attached hydrogens (tertiary/aromatic N) is 1. The molecule has 0 aliphatic heterocycles. The van der Waals surface area contributed by atoms with E-state index in [1.165, 1.54) is 6.21 Å². The highest BCUT2D eigenvalue weighted by Gasteiger charge is 2.02. The zero-order valence-electron chi connectivity index (χ0n) is 13.9. The molecule has 5 nitrogen and oxygen atoms in total. The lowest BCUT2D eigenvalue weighted by Crippen LogP contribution is -2.25. The van der Waals surface area contributed by atoms with Crippen LogP contribution in [0.2, 0.25) is 0 Å². The van der Waals surface area contributed by atoms with Crippen LogP contribution in [-0.2, 0) is 4.79 Å². The van der Waals surface area contributed by atoms with E-state index in [1.54, 1.807) is 19.1 Å². The lowest BCUT2D eigenvalue weighted by molar-refractivity contribution is -0.119. The van der Waals surface area contributed by atoms with Crippen LogP contribution in [0.1, 0.15) is 11.1 Å². The highest BCUT2D eigenvalue weighted by atomic mass is 16.3. The number of hydrogen-bond acceptors (Lipinski definition) is 4. The number of anilines is 1. The normalized spacial score (nSPS) is 10.9. The molecule has 3 rings (SSSR count). The van der Waals surface area contributed by atoms with Crippen LogP contribution in [0.4, 0.5) is 5.69 Å². The molecular weight excluding hydrogens is 314 g/mol. The lowest BCUT2D eigenvalue weighted by atomic mass is 10.1. The van der Waals surface area contributed by atoms with E-state index in [0.29, 0.717) is 5.56 Å². The van der Waals surface area contributed by atoms with Crippen molar-refractivity contribution in [3.05, 3.63) is 71.8 Å². The van der Waals surface area contributed by atoms with Gasteiger partial charge in [-0.1, -0.05) is 42.5 Å². The summed E-state index contributed by atoms with van der Waals surface area (Å²) in [5.74, 6) is -0.105. The van der Waals surface area contributed by atoms with E-state index < -0.39 is 0 Å². The number of carbonyl (C=O) groups is 1. The van der Waals surface area contributed by atoms with Gasteiger partial charge < -0.3 is 10.4 Å². The van der Waals surface area contributed by atoms with Crippen LogP contribution in [-0.4, -0.2) is 23.8 Å². The van der Waals surface area contributed by atoms with Crippen molar-refractivity contribution >= 4 is 28.6 Å². The van der Waals surface area contributed by atoms with Crippen molar-refractivity contribution < 1.29 is 9.90 Å². The third kappa shape index (κ3) is 4.14. The van der Waals surface area contributed by atoms with Crippen molar-refractivity contribution in [2.45, 2.75) is 6.92 Å². The fraction of sp³-hybridized carbons (Fsp3) is 0.100. The fourth-order valence-electron chi connectivity index (χ4n) is 2.48. The maximum atomic E-state index is 11.9. The average molecular weight is 333 g/mol. The Balaban J connectivity index is 1.55. The van der Waals surface area contributed by atoms with Crippen LogP contribution < -0.4 is 10.7 Å². The molecule has 126 valence electrons. The lowest BCUT2D eigenvalue weighted by Gasteiger charge is -2.07. The zero-order chi connectivity index (χ0) is 17.6. The van der Waals surface area contributed by atoms with Crippen LogP contribution in [0, 0.1) is 6.92 Å². The van der Waals surface area contributed by atoms with Gasteiger partial charge in [-0.3, -0.25) is 4.79 Å². The summed E-state index contributed by atoms with van der Waals surface area (Å²) >= 11 is 0. The van der Waals surface area contributed by atoms with E-state index in [9.17, 15) is 9.90 Å². The molecule has 3 aromatic rings. The Morgan fingerprint density at radius 1 is 1.08 bits per heavy atom. The van der Waals surface area contributed by atoms with Crippen LogP contribution in [0.3, 0.4) is 0 Å². The van der Waals surface area contributed by atoms with Crippen molar-refractivity contribution in [1.82, 2.24) is 5.43 Å². The van der Waals surface area contributed by atoms with Gasteiger partial charge in [0.2, 0.25) is 0 Å². The molecule has 0 atom stereocenters. The molecule has 1 amide bonds. The molecule has 0 radical (unpaired) electrons. The van der Waals surface area contributed by atoms with E-state index in [0.717, 1.165) is 22.0 Å². The van der Waals surface area contributed by atoms with Gasteiger partial charge in [-0.05, 0) is 41.5 Å². The van der Waals surface area contributed by atoms with Crippen LogP contribution >= 0.6 is 0 Å². The maximum Gasteiger partial charge on any atom is 0.259 e. The molecule has 0 fully saturated rings. The van der Waals surface area contributed by atoms with Gasteiger partial charge in [0, 0.05) is 11.3 Å². The molecule has 0 aliphatic rings. The van der Waals surface area contributed by atoms with Gasteiger partial charge in [-0.25, -0.2) is 5.43 Å². The van der Waals surface area contributed by atoms with Crippen molar-refractivity contribution in [3.8, 4) is 5.75 Å². The Kier molecular flexibility index (Phi) is 4.95. The van der Waals surface area contributed by atoms with Crippen molar-refractivity contribution in [1.29, 1.82) is 0 Å². The molecule has 0 saturated heterocycles. The molecule has 3 N–H and O–H groups in total. The summed E-state index contributed by atoms with van der Waals surface area (Å²) in [4.78, 5) is 11.9. The largest absolute Gasteiger partial charge is 0.507 e. The molecule has 0 aliphatic carbocycles. The Labute approximate surface area is 146 Å². The zero-order valence-corrected chi connectivity index (χ0v) is 13.9. The summed E-state index contributed by atoms with van der Waals surface area (Å²) in [6.45, 7) is 1.91. The number of phenols is 1. The number of nitrogens with one attached hydrogen (secondary N) is 2. The monoisotopic (exact) mass is 333 g/mol. The van der Waals surface area contributed by atoms with Crippen LogP contribution in [0.15, 0.2) is 65.8 Å². The SMILES string of the molecule is Cc1cccc(/C=N/NC(=O)CNc2ccc3ccccc3c2)c1O. The summed E-state index contributed by atoms with van der Waals surface area (Å²) < 4.78 is 0. The van der Waals surface area contributed by atoms with Gasteiger partial charge in [0.1, 0.15) is 5.75 Å². The number of benzene rings is 3. The summed E-state index contributed by atoms with van der Waals surface area (Å²) in [6, 6.07) is 19.3. The molecule has 5 heteroatoms. The number of aryl methyl sites for hydroxylation is 1. The van der Waals surface area contributed by atoms with E-state index in [2.05, 4.69) is 15.8 Å². The number of hydrazone groups is 1. The first kappa shape index (κ1) is 16.5. The number of fused-ring (bicyclic) bond motifs is 1. The van der Waals surface area contributed by atoms with E-state index >= 15 is 0 Å². The number of carbonyl (C=O) groups excluding carboxylic acids is 1. The van der Waals surface area contributed by atoms with Crippen LogP contribution in [0.25, 0.3) is 10.8 Å². The quantitative estimate of drug-likeness (QED) is 0.495. The molecule has 0 unspecified atom stereocenters. The van der Waals surface area contributed by atoms with E-state index in [-0.39, 0.29) is 18.2 Å². The maximum absolute atomic E-state index is 11.9. The van der Waals surface area contributed by atoms with E-state index in [4.69, 9.17) is 0 Å². The highest BCUT2D eigenvalue weighted by Crippen LogP contribution is 2.19. The molecule has 25 heavy (non-hydrogen) atoms. The Hall–Kier alpha value is -3.34. The number of para-hydroxylation sites is 1. The fourth-order valence-corrected chi connectivity index (χ4v) is 2.48. The second kappa shape index (κ2) is 7.49. The molecule has 0 spiro atoms. The van der Waals surface area contributed by atoms with Gasteiger partial charge in [0.15, 0.2) is 0 Å². The van der Waals surface area contributed by atoms with E-state index in [1.807, 2.05) is 48.5 Å². The van der Waals surface area contributed by atoms with Gasteiger partial charge >= 0.3 is 0 Å². The number of hydrogen-bond donors (Lipinski definition) is 3. The predicted octanol–water partition coefficient (Wildman–Crippen LogP) is 3.42. The summed E-state index contributed by atoms with van der Waals surface area (Å²) in [5.41, 5.74) is 4.63. The minimum absolute atomic E-state index is 0.107. The van der Waals surface area contributed by atoms with Gasteiger partial charge in [0.05, 0.1) is 12.8 Å². The third-order valence-corrected chi connectivity index (χ3v) is 3.86. The third-order valence-electron chi connectivity index (χ3n) is 3.86. The molecule has 0 saturated carbocycles.